The van der Waals surface area contributed by atoms with Crippen LogP contribution in [-0.2, 0) is 14.3 Å². The number of esters is 1. The average molecular weight is 384 g/mol. The summed E-state index contributed by atoms with van der Waals surface area (Å²) in [5.74, 6) is -0.114. The lowest BCUT2D eigenvalue weighted by molar-refractivity contribution is -0.153. The maximum absolute atomic E-state index is 12.4. The van der Waals surface area contributed by atoms with Crippen molar-refractivity contribution in [2.75, 3.05) is 6.07 Å². The molecule has 6 heteroatoms. The van der Waals surface area contributed by atoms with Crippen LogP contribution in [0, 0.1) is 5.41 Å². The van der Waals surface area contributed by atoms with E-state index in [4.69, 9.17) is 21.1 Å². The number of benzene rings is 1. The Morgan fingerprint density at radius 1 is 1.04 bits per heavy atom. The zero-order valence-corrected chi connectivity index (χ0v) is 17.4. The lowest BCUT2D eigenvalue weighted by atomic mass is 9.80. The molecule has 1 rings (SSSR count). The third-order valence-corrected chi connectivity index (χ3v) is 4.14. The standard InChI is InChI=1S/C20H30ClNO4/c1-13(2)14-8-10-15(11-9-14)16(20(6,7)17(23)25-12-21)22-18(24)26-19(3,4)5/h8-11,13,16H,12H2,1-7H3,(H,22,24). The average Bonchev–Trinajstić information content (AvgIpc) is 2.51. The third-order valence-electron chi connectivity index (χ3n) is 4.03. The molecule has 26 heavy (non-hydrogen) atoms. The molecule has 0 bridgehead atoms. The van der Waals surface area contributed by atoms with Crippen LogP contribution < -0.4 is 5.32 Å². The summed E-state index contributed by atoms with van der Waals surface area (Å²) in [6.07, 6.45) is -0.595. The van der Waals surface area contributed by atoms with Crippen LogP contribution in [0.15, 0.2) is 24.3 Å². The zero-order chi connectivity index (χ0) is 20.1. The molecule has 0 aliphatic heterocycles. The molecule has 1 amide bonds. The highest BCUT2D eigenvalue weighted by atomic mass is 35.5. The van der Waals surface area contributed by atoms with E-state index < -0.39 is 29.1 Å². The highest BCUT2D eigenvalue weighted by Gasteiger charge is 2.41. The van der Waals surface area contributed by atoms with Gasteiger partial charge in [0.05, 0.1) is 11.5 Å². The Morgan fingerprint density at radius 3 is 1.96 bits per heavy atom. The van der Waals surface area contributed by atoms with E-state index in [9.17, 15) is 9.59 Å². The van der Waals surface area contributed by atoms with Gasteiger partial charge >= 0.3 is 12.1 Å². The van der Waals surface area contributed by atoms with E-state index in [2.05, 4.69) is 19.2 Å². The molecule has 0 saturated carbocycles. The van der Waals surface area contributed by atoms with Gasteiger partial charge in [0.1, 0.15) is 5.60 Å². The summed E-state index contributed by atoms with van der Waals surface area (Å²) >= 11 is 5.55. The normalized spacial score (nSPS) is 13.3. The molecule has 0 radical (unpaired) electrons. The molecule has 1 aromatic rings. The Morgan fingerprint density at radius 2 is 1.54 bits per heavy atom. The van der Waals surface area contributed by atoms with Crippen LogP contribution in [0.3, 0.4) is 0 Å². The molecule has 5 nitrogen and oxygen atoms in total. The number of nitrogens with one attached hydrogen (secondary N) is 1. The fraction of sp³-hybridized carbons (Fsp3) is 0.600. The van der Waals surface area contributed by atoms with Crippen LogP contribution in [0.2, 0.25) is 0 Å². The molecule has 1 aromatic carbocycles. The predicted molar refractivity (Wildman–Crippen MR) is 103 cm³/mol. The Kier molecular flexibility index (Phi) is 7.51. The molecule has 1 atom stereocenters. The summed E-state index contributed by atoms with van der Waals surface area (Å²) in [6.45, 7) is 13.0. The van der Waals surface area contributed by atoms with Gasteiger partial charge in [-0.25, -0.2) is 4.79 Å². The van der Waals surface area contributed by atoms with Crippen molar-refractivity contribution >= 4 is 23.7 Å². The second-order valence-electron chi connectivity index (χ2n) is 8.16. The van der Waals surface area contributed by atoms with Crippen LogP contribution in [0.4, 0.5) is 4.79 Å². The van der Waals surface area contributed by atoms with Gasteiger partial charge in [-0.15, -0.1) is 0 Å². The van der Waals surface area contributed by atoms with Gasteiger partial charge < -0.3 is 14.8 Å². The van der Waals surface area contributed by atoms with Crippen molar-refractivity contribution in [2.24, 2.45) is 5.41 Å². The van der Waals surface area contributed by atoms with Gasteiger partial charge in [0, 0.05) is 0 Å². The van der Waals surface area contributed by atoms with Crippen LogP contribution in [-0.4, -0.2) is 23.7 Å². The lowest BCUT2D eigenvalue weighted by Crippen LogP contribution is -2.44. The minimum absolute atomic E-state index is 0.242. The lowest BCUT2D eigenvalue weighted by Gasteiger charge is -2.33. The molecule has 0 fully saturated rings. The fourth-order valence-electron chi connectivity index (χ4n) is 2.53. The van der Waals surface area contributed by atoms with Crippen molar-refractivity contribution < 1.29 is 19.1 Å². The van der Waals surface area contributed by atoms with E-state index in [0.29, 0.717) is 5.92 Å². The van der Waals surface area contributed by atoms with Gasteiger partial charge in [-0.1, -0.05) is 49.7 Å². The minimum Gasteiger partial charge on any atom is -0.449 e. The van der Waals surface area contributed by atoms with E-state index in [1.54, 1.807) is 34.6 Å². The van der Waals surface area contributed by atoms with Crippen LogP contribution in [0.5, 0.6) is 0 Å². The van der Waals surface area contributed by atoms with E-state index in [1.807, 2.05) is 24.3 Å². The molecule has 0 spiro atoms. The maximum Gasteiger partial charge on any atom is 0.408 e. The molecular weight excluding hydrogens is 354 g/mol. The summed E-state index contributed by atoms with van der Waals surface area (Å²) in [5, 5.41) is 2.81. The first-order valence-electron chi connectivity index (χ1n) is 8.71. The minimum atomic E-state index is -1.04. The number of carbonyl (C=O) groups excluding carboxylic acids is 2. The largest absolute Gasteiger partial charge is 0.449 e. The first-order chi connectivity index (χ1) is 11.9. The third kappa shape index (κ3) is 6.20. The number of rotatable bonds is 6. The molecule has 0 aliphatic carbocycles. The molecule has 0 saturated heterocycles. The quantitative estimate of drug-likeness (QED) is 0.545. The van der Waals surface area contributed by atoms with Crippen molar-refractivity contribution in [1.82, 2.24) is 5.32 Å². The highest BCUT2D eigenvalue weighted by molar-refractivity contribution is 6.17. The number of hydrogen-bond acceptors (Lipinski definition) is 4. The monoisotopic (exact) mass is 383 g/mol. The second kappa shape index (κ2) is 8.76. The SMILES string of the molecule is CC(C)c1ccc(C(NC(=O)OC(C)(C)C)C(C)(C)C(=O)OCCl)cc1. The van der Waals surface area contributed by atoms with Gasteiger partial charge in [-0.3, -0.25) is 4.79 Å². The van der Waals surface area contributed by atoms with Gasteiger partial charge in [-0.05, 0) is 51.7 Å². The molecule has 0 heterocycles. The summed E-state index contributed by atoms with van der Waals surface area (Å²) < 4.78 is 10.3. The fourth-order valence-corrected chi connectivity index (χ4v) is 2.63. The first-order valence-corrected chi connectivity index (χ1v) is 9.24. The number of ether oxygens (including phenoxy) is 2. The van der Waals surface area contributed by atoms with E-state index in [1.165, 1.54) is 5.56 Å². The smallest absolute Gasteiger partial charge is 0.408 e. The Bertz CT molecular complexity index is 618. The number of hydrogen-bond donors (Lipinski definition) is 1. The van der Waals surface area contributed by atoms with Gasteiger partial charge in [-0.2, -0.15) is 0 Å². The summed E-state index contributed by atoms with van der Waals surface area (Å²) in [7, 11) is 0. The van der Waals surface area contributed by atoms with Crippen LogP contribution >= 0.6 is 11.6 Å². The Labute approximate surface area is 161 Å². The molecule has 146 valence electrons. The highest BCUT2D eigenvalue weighted by Crippen LogP contribution is 2.35. The molecule has 1 unspecified atom stereocenters. The van der Waals surface area contributed by atoms with E-state index >= 15 is 0 Å². The van der Waals surface area contributed by atoms with Crippen LogP contribution in [0.1, 0.15) is 71.6 Å². The van der Waals surface area contributed by atoms with Crippen molar-refractivity contribution in [2.45, 2.75) is 66.0 Å². The Hall–Kier alpha value is -1.75. The second-order valence-corrected chi connectivity index (χ2v) is 8.38. The van der Waals surface area contributed by atoms with E-state index in [-0.39, 0.29) is 6.07 Å². The summed E-state index contributed by atoms with van der Waals surface area (Å²) in [5.41, 5.74) is 0.282. The maximum atomic E-state index is 12.4. The first kappa shape index (κ1) is 22.3. The predicted octanol–water partition coefficient (Wildman–Crippen LogP) is 5.14. The van der Waals surface area contributed by atoms with Gasteiger partial charge in [0.15, 0.2) is 6.07 Å². The topological polar surface area (TPSA) is 64.6 Å². The zero-order valence-electron chi connectivity index (χ0n) is 16.7. The number of halogens is 1. The van der Waals surface area contributed by atoms with Crippen LogP contribution in [0.25, 0.3) is 0 Å². The summed E-state index contributed by atoms with van der Waals surface area (Å²) in [6, 6.07) is 6.93. The molecule has 0 aliphatic rings. The van der Waals surface area contributed by atoms with Crippen molar-refractivity contribution in [3.63, 3.8) is 0 Å². The van der Waals surface area contributed by atoms with Crippen molar-refractivity contribution in [1.29, 1.82) is 0 Å². The number of carbonyl (C=O) groups is 2. The van der Waals surface area contributed by atoms with E-state index in [0.717, 1.165) is 5.56 Å². The molecule has 0 aromatic heterocycles. The number of alkyl carbamates (subject to hydrolysis) is 1. The Balaban J connectivity index is 3.20. The van der Waals surface area contributed by atoms with Gasteiger partial charge in [0.2, 0.25) is 0 Å². The van der Waals surface area contributed by atoms with Crippen molar-refractivity contribution in [3.8, 4) is 0 Å². The summed E-state index contributed by atoms with van der Waals surface area (Å²) in [4.78, 5) is 24.8. The van der Waals surface area contributed by atoms with Gasteiger partial charge in [0.25, 0.3) is 0 Å². The van der Waals surface area contributed by atoms with Crippen molar-refractivity contribution in [3.05, 3.63) is 35.4 Å². The number of alkyl halides is 1. The number of amides is 1. The molecular formula is C20H30ClNO4. The molecule has 1 N–H and O–H groups in total.